The number of benzene rings is 2. The summed E-state index contributed by atoms with van der Waals surface area (Å²) in [4.78, 5) is 14.9. The number of hydrogen-bond acceptors (Lipinski definition) is 4. The van der Waals surface area contributed by atoms with Crippen LogP contribution < -0.4 is 9.47 Å². The van der Waals surface area contributed by atoms with E-state index in [-0.39, 0.29) is 5.91 Å². The highest BCUT2D eigenvalue weighted by atomic mass is 16.5. The minimum absolute atomic E-state index is 0.0610. The number of rotatable bonds is 6. The first-order chi connectivity index (χ1) is 13.6. The van der Waals surface area contributed by atoms with Crippen molar-refractivity contribution in [3.63, 3.8) is 0 Å². The van der Waals surface area contributed by atoms with Crippen LogP contribution in [-0.2, 0) is 6.42 Å². The number of methoxy groups -OCH3 is 2. The summed E-state index contributed by atoms with van der Waals surface area (Å²) in [5.74, 6) is 1.29. The summed E-state index contributed by atoms with van der Waals surface area (Å²) in [5, 5.41) is 10.1. The van der Waals surface area contributed by atoms with Gasteiger partial charge < -0.3 is 14.4 Å². The number of piperidine rings is 1. The maximum atomic E-state index is 13.1. The summed E-state index contributed by atoms with van der Waals surface area (Å²) < 4.78 is 10.7. The molecule has 0 spiro atoms. The number of nitrogens with zero attached hydrogens (tertiary/aromatic N) is 2. The topological polar surface area (TPSA) is 62.6 Å². The number of aryl methyl sites for hydroxylation is 1. The predicted octanol–water partition coefficient (Wildman–Crippen LogP) is 4.23. The number of hydrogen-bond donors (Lipinski definition) is 0. The minimum Gasteiger partial charge on any atom is -0.493 e. The Morgan fingerprint density at radius 3 is 2.54 bits per heavy atom. The number of carbonyl (C=O) groups is 1. The number of likely N-dealkylation sites (tertiary alicyclic amines) is 1. The van der Waals surface area contributed by atoms with Crippen molar-refractivity contribution in [2.75, 3.05) is 20.8 Å². The van der Waals surface area contributed by atoms with E-state index in [1.165, 1.54) is 0 Å². The third-order valence-electron chi connectivity index (χ3n) is 5.49. The Balaban J connectivity index is 1.82. The van der Waals surface area contributed by atoms with Gasteiger partial charge in [0.1, 0.15) is 5.54 Å². The lowest BCUT2D eigenvalue weighted by molar-refractivity contribution is 0.0459. The van der Waals surface area contributed by atoms with Crippen LogP contribution in [0.5, 0.6) is 11.5 Å². The lowest BCUT2D eigenvalue weighted by atomic mass is 9.82. The SMILES string of the molecule is COc1ccc(CCC2(C#N)CCCCN2C(=O)c2ccccc2)cc1OC. The van der Waals surface area contributed by atoms with Gasteiger partial charge in [-0.2, -0.15) is 5.26 Å². The van der Waals surface area contributed by atoms with E-state index >= 15 is 0 Å². The zero-order valence-corrected chi connectivity index (χ0v) is 16.5. The fraction of sp³-hybridized carbons (Fsp3) is 0.391. The van der Waals surface area contributed by atoms with Crippen LogP contribution in [0.15, 0.2) is 48.5 Å². The van der Waals surface area contributed by atoms with Gasteiger partial charge in [-0.25, -0.2) is 0 Å². The first kappa shape index (κ1) is 19.8. The summed E-state index contributed by atoms with van der Waals surface area (Å²) in [6, 6.07) is 17.5. The van der Waals surface area contributed by atoms with Crippen molar-refractivity contribution >= 4 is 5.91 Å². The molecule has 5 nitrogen and oxygen atoms in total. The first-order valence-electron chi connectivity index (χ1n) is 9.63. The van der Waals surface area contributed by atoms with Crippen molar-refractivity contribution in [1.29, 1.82) is 5.26 Å². The van der Waals surface area contributed by atoms with E-state index in [9.17, 15) is 10.1 Å². The number of nitriles is 1. The Labute approximate surface area is 166 Å². The lowest BCUT2D eigenvalue weighted by Gasteiger charge is -2.42. The van der Waals surface area contributed by atoms with Crippen LogP contribution in [0.3, 0.4) is 0 Å². The van der Waals surface area contributed by atoms with Crippen LogP contribution in [0.2, 0.25) is 0 Å². The van der Waals surface area contributed by atoms with Crippen molar-refractivity contribution in [3.05, 3.63) is 59.7 Å². The van der Waals surface area contributed by atoms with Crippen molar-refractivity contribution in [2.24, 2.45) is 0 Å². The smallest absolute Gasteiger partial charge is 0.255 e. The molecule has 1 aliphatic rings. The molecule has 1 amide bonds. The molecule has 1 fully saturated rings. The molecule has 1 saturated heterocycles. The van der Waals surface area contributed by atoms with Crippen molar-refractivity contribution in [1.82, 2.24) is 4.90 Å². The zero-order chi connectivity index (χ0) is 20.0. The van der Waals surface area contributed by atoms with Gasteiger partial charge in [0.2, 0.25) is 0 Å². The molecule has 1 atom stereocenters. The minimum atomic E-state index is -0.779. The van der Waals surface area contributed by atoms with E-state index in [4.69, 9.17) is 9.47 Å². The van der Waals surface area contributed by atoms with Gasteiger partial charge >= 0.3 is 0 Å². The summed E-state index contributed by atoms with van der Waals surface area (Å²) in [7, 11) is 3.22. The van der Waals surface area contributed by atoms with Crippen LogP contribution in [0.1, 0.15) is 41.6 Å². The van der Waals surface area contributed by atoms with Crippen LogP contribution in [0, 0.1) is 11.3 Å². The molecule has 0 N–H and O–H groups in total. The molecule has 2 aromatic carbocycles. The first-order valence-corrected chi connectivity index (χ1v) is 9.63. The molecule has 146 valence electrons. The van der Waals surface area contributed by atoms with E-state index in [1.54, 1.807) is 19.1 Å². The van der Waals surface area contributed by atoms with Gasteiger partial charge in [-0.1, -0.05) is 24.3 Å². The molecule has 28 heavy (non-hydrogen) atoms. The quantitative estimate of drug-likeness (QED) is 0.755. The van der Waals surface area contributed by atoms with Crippen molar-refractivity contribution < 1.29 is 14.3 Å². The van der Waals surface area contributed by atoms with Gasteiger partial charge in [-0.3, -0.25) is 4.79 Å². The maximum Gasteiger partial charge on any atom is 0.255 e. The summed E-state index contributed by atoms with van der Waals surface area (Å²) in [6.07, 6.45) is 3.87. The Morgan fingerprint density at radius 1 is 1.11 bits per heavy atom. The van der Waals surface area contributed by atoms with Gasteiger partial charge in [0, 0.05) is 12.1 Å². The second-order valence-electron chi connectivity index (χ2n) is 7.11. The van der Waals surface area contributed by atoms with Crippen LogP contribution >= 0.6 is 0 Å². The van der Waals surface area contributed by atoms with Gasteiger partial charge in [-0.15, -0.1) is 0 Å². The fourth-order valence-corrected chi connectivity index (χ4v) is 3.89. The molecule has 0 saturated carbocycles. The third kappa shape index (κ3) is 3.96. The largest absolute Gasteiger partial charge is 0.493 e. The Bertz CT molecular complexity index is 860. The molecule has 0 aromatic heterocycles. The van der Waals surface area contributed by atoms with E-state index in [2.05, 4.69) is 6.07 Å². The molecule has 1 heterocycles. The number of amides is 1. The third-order valence-corrected chi connectivity index (χ3v) is 5.49. The molecule has 3 rings (SSSR count). The highest BCUT2D eigenvalue weighted by molar-refractivity contribution is 5.95. The van der Waals surface area contributed by atoms with Crippen LogP contribution in [-0.4, -0.2) is 37.1 Å². The van der Waals surface area contributed by atoms with Gasteiger partial charge in [-0.05, 0) is 61.9 Å². The van der Waals surface area contributed by atoms with Crippen LogP contribution in [0.4, 0.5) is 0 Å². The average molecular weight is 378 g/mol. The second kappa shape index (κ2) is 8.79. The standard InChI is InChI=1S/C23H26N2O3/c1-27-20-11-10-18(16-21(20)28-2)12-14-23(17-24)13-6-7-15-25(23)22(26)19-8-4-3-5-9-19/h3-5,8-11,16H,6-7,12-15H2,1-2H3. The summed E-state index contributed by atoms with van der Waals surface area (Å²) in [5.41, 5.74) is 0.915. The van der Waals surface area contributed by atoms with Gasteiger partial charge in [0.25, 0.3) is 5.91 Å². The normalized spacial score (nSPS) is 19.0. The Kier molecular flexibility index (Phi) is 6.20. The van der Waals surface area contributed by atoms with Crippen molar-refractivity contribution in [3.8, 4) is 17.6 Å². The fourth-order valence-electron chi connectivity index (χ4n) is 3.89. The van der Waals surface area contributed by atoms with Gasteiger partial charge in [0.05, 0.1) is 20.3 Å². The number of ether oxygens (including phenoxy) is 2. The Hall–Kier alpha value is -3.00. The molecule has 1 aliphatic heterocycles. The van der Waals surface area contributed by atoms with Crippen molar-refractivity contribution in [2.45, 2.75) is 37.6 Å². The molecule has 2 aromatic rings. The molecule has 0 bridgehead atoms. The number of carbonyl (C=O) groups excluding carboxylic acids is 1. The average Bonchev–Trinajstić information content (AvgIpc) is 2.77. The lowest BCUT2D eigenvalue weighted by Crippen LogP contribution is -2.54. The summed E-state index contributed by atoms with van der Waals surface area (Å²) in [6.45, 7) is 0.618. The Morgan fingerprint density at radius 2 is 1.86 bits per heavy atom. The van der Waals surface area contributed by atoms with E-state index in [1.807, 2.05) is 48.5 Å². The highest BCUT2D eigenvalue weighted by Gasteiger charge is 2.41. The van der Waals surface area contributed by atoms with E-state index in [0.29, 0.717) is 42.9 Å². The predicted molar refractivity (Wildman–Crippen MR) is 108 cm³/mol. The van der Waals surface area contributed by atoms with E-state index < -0.39 is 5.54 Å². The van der Waals surface area contributed by atoms with Crippen LogP contribution in [0.25, 0.3) is 0 Å². The molecule has 1 unspecified atom stereocenters. The monoisotopic (exact) mass is 378 g/mol. The molecular formula is C23H26N2O3. The molecule has 5 heteroatoms. The molecule has 0 aliphatic carbocycles. The zero-order valence-electron chi connectivity index (χ0n) is 16.5. The second-order valence-corrected chi connectivity index (χ2v) is 7.11. The molecule has 0 radical (unpaired) electrons. The maximum absolute atomic E-state index is 13.1. The summed E-state index contributed by atoms with van der Waals surface area (Å²) >= 11 is 0. The van der Waals surface area contributed by atoms with E-state index in [0.717, 1.165) is 18.4 Å². The highest BCUT2D eigenvalue weighted by Crippen LogP contribution is 2.35. The molecular weight excluding hydrogens is 352 g/mol. The van der Waals surface area contributed by atoms with Gasteiger partial charge in [0.15, 0.2) is 11.5 Å².